The van der Waals surface area contributed by atoms with Crippen molar-refractivity contribution >= 4 is 28.3 Å². The Labute approximate surface area is 161 Å². The van der Waals surface area contributed by atoms with Crippen LogP contribution in [0, 0.1) is 5.92 Å². The first-order valence-electron chi connectivity index (χ1n) is 8.66. The fourth-order valence-electron chi connectivity index (χ4n) is 3.00. The maximum Gasteiger partial charge on any atom is 0.231 e. The number of aromatic nitrogens is 2. The Bertz CT molecular complexity index is 839. The van der Waals surface area contributed by atoms with E-state index in [1.54, 1.807) is 19.1 Å². The van der Waals surface area contributed by atoms with Gasteiger partial charge in [0.1, 0.15) is 5.01 Å². The van der Waals surface area contributed by atoms with Crippen molar-refractivity contribution in [2.24, 2.45) is 5.92 Å². The lowest BCUT2D eigenvalue weighted by atomic mass is 10.1. The van der Waals surface area contributed by atoms with Gasteiger partial charge in [0.2, 0.25) is 16.9 Å². The number of benzene rings is 1. The van der Waals surface area contributed by atoms with Gasteiger partial charge in [0, 0.05) is 25.9 Å². The largest absolute Gasteiger partial charge is 0.493 e. The van der Waals surface area contributed by atoms with E-state index >= 15 is 0 Å². The highest BCUT2D eigenvalue weighted by molar-refractivity contribution is 7.15. The average molecular weight is 390 g/mol. The molecule has 9 heteroatoms. The third-order valence-electron chi connectivity index (χ3n) is 4.47. The summed E-state index contributed by atoms with van der Waals surface area (Å²) >= 11 is 1.32. The Balaban J connectivity index is 1.62. The van der Waals surface area contributed by atoms with E-state index in [-0.39, 0.29) is 24.2 Å². The number of nitrogens with one attached hydrogen (secondary N) is 1. The number of ether oxygens (including phenoxy) is 2. The molecule has 1 aromatic heterocycles. The fourth-order valence-corrected chi connectivity index (χ4v) is 3.78. The van der Waals surface area contributed by atoms with Crippen LogP contribution < -0.4 is 14.8 Å². The Kier molecular flexibility index (Phi) is 5.90. The first-order chi connectivity index (χ1) is 13.0. The summed E-state index contributed by atoms with van der Waals surface area (Å²) in [6.45, 7) is 2.98. The number of hydrogen-bond donors (Lipinski definition) is 1. The molecule has 0 aliphatic carbocycles. The molecule has 3 rings (SSSR count). The van der Waals surface area contributed by atoms with Crippen molar-refractivity contribution in [2.75, 3.05) is 32.6 Å². The van der Waals surface area contributed by atoms with E-state index < -0.39 is 0 Å². The van der Waals surface area contributed by atoms with E-state index in [0.717, 1.165) is 10.6 Å². The minimum absolute atomic E-state index is 0.0176. The molecule has 1 aromatic carbocycles. The summed E-state index contributed by atoms with van der Waals surface area (Å²) < 4.78 is 10.5. The lowest BCUT2D eigenvalue weighted by molar-refractivity contribution is -0.128. The van der Waals surface area contributed by atoms with Crippen LogP contribution in [0.25, 0.3) is 0 Å². The zero-order valence-corrected chi connectivity index (χ0v) is 16.3. The summed E-state index contributed by atoms with van der Waals surface area (Å²) in [5.74, 6) is 0.811. The maximum atomic E-state index is 12.4. The summed E-state index contributed by atoms with van der Waals surface area (Å²) in [5.41, 5.74) is 1.00. The Morgan fingerprint density at radius 1 is 1.30 bits per heavy atom. The summed E-state index contributed by atoms with van der Waals surface area (Å²) in [5, 5.41) is 12.2. The molecule has 1 fully saturated rings. The highest BCUT2D eigenvalue weighted by Gasteiger charge is 2.33. The lowest BCUT2D eigenvalue weighted by Crippen LogP contribution is -2.28. The first kappa shape index (κ1) is 19.1. The molecule has 144 valence electrons. The smallest absolute Gasteiger partial charge is 0.231 e. The van der Waals surface area contributed by atoms with Crippen molar-refractivity contribution in [1.82, 2.24) is 15.1 Å². The van der Waals surface area contributed by atoms with E-state index in [9.17, 15) is 9.59 Å². The highest BCUT2D eigenvalue weighted by atomic mass is 32.1. The van der Waals surface area contributed by atoms with E-state index in [2.05, 4.69) is 15.5 Å². The summed E-state index contributed by atoms with van der Waals surface area (Å²) in [7, 11) is 3.18. The predicted molar refractivity (Wildman–Crippen MR) is 101 cm³/mol. The van der Waals surface area contributed by atoms with Crippen molar-refractivity contribution in [1.29, 1.82) is 0 Å². The van der Waals surface area contributed by atoms with Gasteiger partial charge in [-0.2, -0.15) is 0 Å². The molecule has 1 aliphatic rings. The molecule has 1 atom stereocenters. The van der Waals surface area contributed by atoms with Gasteiger partial charge in [-0.05, 0) is 24.6 Å². The van der Waals surface area contributed by atoms with E-state index in [1.807, 2.05) is 25.1 Å². The quantitative estimate of drug-likeness (QED) is 0.777. The summed E-state index contributed by atoms with van der Waals surface area (Å²) in [4.78, 5) is 25.8. The zero-order chi connectivity index (χ0) is 19.4. The second-order valence-corrected chi connectivity index (χ2v) is 7.25. The van der Waals surface area contributed by atoms with Crippen LogP contribution in [0.15, 0.2) is 18.2 Å². The topological polar surface area (TPSA) is 93.7 Å². The van der Waals surface area contributed by atoms with E-state index in [1.165, 1.54) is 11.3 Å². The molecule has 27 heavy (non-hydrogen) atoms. The minimum Gasteiger partial charge on any atom is -0.493 e. The van der Waals surface area contributed by atoms with Crippen molar-refractivity contribution in [3.63, 3.8) is 0 Å². The number of carbonyl (C=O) groups is 2. The summed E-state index contributed by atoms with van der Waals surface area (Å²) in [6, 6.07) is 5.67. The molecule has 0 saturated carbocycles. The van der Waals surface area contributed by atoms with Gasteiger partial charge in [-0.15, -0.1) is 10.2 Å². The number of amides is 2. The van der Waals surface area contributed by atoms with Crippen molar-refractivity contribution in [3.8, 4) is 11.5 Å². The number of rotatable bonds is 7. The standard InChI is InChI=1S/C18H22N4O4S/c1-4-22-10-12(9-16(22)23)17(24)19-18-21-20-15(27-18)8-11-5-6-13(25-2)14(7-11)26-3/h5-7,12H,4,8-10H2,1-3H3,(H,19,21,24). The number of methoxy groups -OCH3 is 2. The predicted octanol–water partition coefficient (Wildman–Crippen LogP) is 1.95. The van der Waals surface area contributed by atoms with Crippen LogP contribution in [0.4, 0.5) is 5.13 Å². The molecule has 0 bridgehead atoms. The number of hydrogen-bond acceptors (Lipinski definition) is 7. The van der Waals surface area contributed by atoms with E-state index in [0.29, 0.717) is 36.1 Å². The van der Waals surface area contributed by atoms with Crippen LogP contribution in [0.3, 0.4) is 0 Å². The minimum atomic E-state index is -0.337. The molecule has 0 radical (unpaired) electrons. The number of nitrogens with zero attached hydrogens (tertiary/aromatic N) is 3. The average Bonchev–Trinajstić information content (AvgIpc) is 3.27. The molecule has 1 unspecified atom stereocenters. The van der Waals surface area contributed by atoms with Gasteiger partial charge >= 0.3 is 0 Å². The molecule has 1 N–H and O–H groups in total. The van der Waals surface area contributed by atoms with Crippen LogP contribution >= 0.6 is 11.3 Å². The zero-order valence-electron chi connectivity index (χ0n) is 15.5. The van der Waals surface area contributed by atoms with Crippen molar-refractivity contribution in [3.05, 3.63) is 28.8 Å². The molecule has 2 amide bonds. The number of carbonyl (C=O) groups excluding carboxylic acids is 2. The molecule has 0 spiro atoms. The Morgan fingerprint density at radius 2 is 2.07 bits per heavy atom. The molecule has 8 nitrogen and oxygen atoms in total. The third-order valence-corrected chi connectivity index (χ3v) is 5.31. The van der Waals surface area contributed by atoms with Gasteiger partial charge in [0.25, 0.3) is 0 Å². The lowest BCUT2D eigenvalue weighted by Gasteiger charge is -2.12. The molecular weight excluding hydrogens is 368 g/mol. The summed E-state index contributed by atoms with van der Waals surface area (Å²) in [6.07, 6.45) is 0.816. The van der Waals surface area contributed by atoms with Crippen molar-refractivity contribution in [2.45, 2.75) is 19.8 Å². The molecule has 2 aromatic rings. The third kappa shape index (κ3) is 4.36. The maximum absolute atomic E-state index is 12.4. The van der Waals surface area contributed by atoms with Crippen LogP contribution in [0.2, 0.25) is 0 Å². The van der Waals surface area contributed by atoms with Crippen LogP contribution in [-0.2, 0) is 16.0 Å². The Morgan fingerprint density at radius 3 is 2.74 bits per heavy atom. The molecule has 1 saturated heterocycles. The van der Waals surface area contributed by atoms with Crippen molar-refractivity contribution < 1.29 is 19.1 Å². The van der Waals surface area contributed by atoms with Gasteiger partial charge in [-0.25, -0.2) is 0 Å². The van der Waals surface area contributed by atoms with Gasteiger partial charge in [0.05, 0.1) is 20.1 Å². The monoisotopic (exact) mass is 390 g/mol. The fraction of sp³-hybridized carbons (Fsp3) is 0.444. The SMILES string of the molecule is CCN1CC(C(=O)Nc2nnc(Cc3ccc(OC)c(OC)c3)s2)CC1=O. The van der Waals surface area contributed by atoms with Gasteiger partial charge < -0.3 is 19.7 Å². The molecule has 1 aliphatic heterocycles. The highest BCUT2D eigenvalue weighted by Crippen LogP contribution is 2.29. The second kappa shape index (κ2) is 8.34. The normalized spacial score (nSPS) is 16.5. The number of likely N-dealkylation sites (tertiary alicyclic amines) is 1. The van der Waals surface area contributed by atoms with Gasteiger partial charge in [0.15, 0.2) is 11.5 Å². The molecule has 2 heterocycles. The molecular formula is C18H22N4O4S. The van der Waals surface area contributed by atoms with E-state index in [4.69, 9.17) is 9.47 Å². The van der Waals surface area contributed by atoms with Gasteiger partial charge in [-0.1, -0.05) is 17.4 Å². The van der Waals surface area contributed by atoms with Gasteiger partial charge in [-0.3, -0.25) is 9.59 Å². The Hall–Kier alpha value is -2.68. The number of anilines is 1. The van der Waals surface area contributed by atoms with Crippen LogP contribution in [0.5, 0.6) is 11.5 Å². The second-order valence-electron chi connectivity index (χ2n) is 6.19. The van der Waals surface area contributed by atoms with Crippen LogP contribution in [0.1, 0.15) is 23.9 Å². The van der Waals surface area contributed by atoms with Crippen LogP contribution in [-0.4, -0.2) is 54.2 Å². The first-order valence-corrected chi connectivity index (χ1v) is 9.47.